The van der Waals surface area contributed by atoms with Crippen molar-refractivity contribution in [3.05, 3.63) is 104 Å². The summed E-state index contributed by atoms with van der Waals surface area (Å²) in [7, 11) is 0. The monoisotopic (exact) mass is 662 g/mol. The van der Waals surface area contributed by atoms with Crippen LogP contribution in [0.3, 0.4) is 0 Å². The van der Waals surface area contributed by atoms with E-state index in [0.29, 0.717) is 0 Å². The molecule has 0 amide bonds. The van der Waals surface area contributed by atoms with Crippen LogP contribution in [-0.4, -0.2) is 67.0 Å². The Morgan fingerprint density at radius 2 is 1.03 bits per heavy atom. The summed E-state index contributed by atoms with van der Waals surface area (Å²) in [4.78, 5) is 25.2. The van der Waals surface area contributed by atoms with Gasteiger partial charge in [0.2, 0.25) is 0 Å². The topological polar surface area (TPSA) is 194 Å². The Balaban J connectivity index is 0.000000563. The number of hydrogen-bond donors (Lipinski definition) is 0. The Morgan fingerprint density at radius 3 is 1.35 bits per heavy atom. The smallest absolute Gasteiger partial charge is 0.356 e. The van der Waals surface area contributed by atoms with E-state index in [2.05, 4.69) is 20.2 Å². The Kier molecular flexibility index (Phi) is 12.4. The van der Waals surface area contributed by atoms with Crippen LogP contribution in [0.5, 0.6) is 0 Å². The molecule has 15 heteroatoms. The molecule has 0 N–H and O–H groups in total. The first kappa shape index (κ1) is 28.1. The first-order valence-corrected chi connectivity index (χ1v) is 9.38. The van der Waals surface area contributed by atoms with Gasteiger partial charge in [-0.3, -0.25) is 19.3 Å². The molecule has 0 fully saturated rings. The Bertz CT molecular complexity index is 1040. The van der Waals surface area contributed by atoms with Gasteiger partial charge in [0, 0.05) is 37.9 Å². The largest absolute Gasteiger partial charge is 2.00 e. The van der Waals surface area contributed by atoms with Crippen LogP contribution in [0.1, 0.15) is 6.42 Å². The summed E-state index contributed by atoms with van der Waals surface area (Å²) in [6, 6.07) is 15.7. The predicted octanol–water partition coefficient (Wildman–Crippen LogP) is 2.43. The van der Waals surface area contributed by atoms with Gasteiger partial charge in [-0.2, -0.15) is 10.2 Å². The van der Waals surface area contributed by atoms with Crippen LogP contribution in [0.2, 0.25) is 0 Å². The van der Waals surface area contributed by atoms with Crippen molar-refractivity contribution in [2.45, 2.75) is 19.5 Å². The van der Waals surface area contributed by atoms with E-state index in [1.54, 1.807) is 12.4 Å². The number of aromatic nitrogens is 6. The van der Waals surface area contributed by atoms with Crippen LogP contribution < -0.4 is 0 Å². The fraction of sp³-hybridized carbons (Fsp3) is 0.158. The maximum atomic E-state index is 8.25. The average Bonchev–Trinajstić information content (AvgIpc) is 3.44. The van der Waals surface area contributed by atoms with Crippen molar-refractivity contribution in [2.75, 3.05) is 0 Å². The molecule has 0 saturated heterocycles. The summed E-state index contributed by atoms with van der Waals surface area (Å²) >= 11 is 0. The molecule has 0 saturated carbocycles. The van der Waals surface area contributed by atoms with Crippen LogP contribution in [0.4, 0.5) is 0 Å². The molecule has 2 radical (unpaired) electrons. The zero-order valence-electron chi connectivity index (χ0n) is 17.6. The Morgan fingerprint density at radius 1 is 0.647 bits per heavy atom. The van der Waals surface area contributed by atoms with Gasteiger partial charge in [-0.05, 0) is 42.8 Å². The zero-order valence-corrected chi connectivity index (χ0v) is 21.5. The van der Waals surface area contributed by atoms with Crippen molar-refractivity contribution in [3.63, 3.8) is 0 Å². The summed E-state index contributed by atoms with van der Waals surface area (Å²) in [6.45, 7) is 1.68. The maximum absolute atomic E-state index is 8.25. The summed E-state index contributed by atoms with van der Waals surface area (Å²) in [5, 5.41) is 38.7. The van der Waals surface area contributed by atoms with E-state index in [1.807, 2.05) is 70.3 Å². The van der Waals surface area contributed by atoms with Crippen LogP contribution >= 0.6 is 0 Å². The Labute approximate surface area is 212 Å². The zero-order chi connectivity index (χ0) is 24.1. The van der Waals surface area contributed by atoms with Gasteiger partial charge in [-0.25, -0.2) is 0 Å². The van der Waals surface area contributed by atoms with Gasteiger partial charge in [-0.1, -0.05) is 12.1 Å². The quantitative estimate of drug-likeness (QED) is 0.168. The number of pyridine rings is 2. The molecule has 0 aliphatic carbocycles. The molecule has 0 atom stereocenters. The first-order valence-electron chi connectivity index (χ1n) is 9.38. The SMILES string of the molecule is O=[N+]([O-])[O-].O=[N+]([O-])[O-].[Pb+2].c1ccc(-c2ccn(CCCn3ccc(-c4ccccn4)n3)n2)nc1. The molecule has 4 heterocycles. The minimum absolute atomic E-state index is 0. The molecule has 174 valence electrons. The van der Waals surface area contributed by atoms with E-state index in [1.165, 1.54) is 0 Å². The van der Waals surface area contributed by atoms with Crippen LogP contribution in [0, 0.1) is 30.6 Å². The molecule has 0 spiro atoms. The van der Waals surface area contributed by atoms with Gasteiger partial charge < -0.3 is 30.6 Å². The van der Waals surface area contributed by atoms with E-state index in [-0.39, 0.29) is 27.3 Å². The van der Waals surface area contributed by atoms with Crippen molar-refractivity contribution in [1.29, 1.82) is 0 Å². The fourth-order valence-corrected chi connectivity index (χ4v) is 2.67. The predicted molar refractivity (Wildman–Crippen MR) is 122 cm³/mol. The number of aryl methyl sites for hydroxylation is 2. The second-order valence-corrected chi connectivity index (χ2v) is 6.16. The van der Waals surface area contributed by atoms with Gasteiger partial charge in [0.1, 0.15) is 11.4 Å². The van der Waals surface area contributed by atoms with Gasteiger partial charge in [0.15, 0.2) is 0 Å². The molecule has 0 unspecified atom stereocenters. The average molecular weight is 662 g/mol. The summed E-state index contributed by atoms with van der Waals surface area (Å²) < 4.78 is 3.90. The standard InChI is InChI=1S/C19H18N6.2NO3.Pb/c1-3-10-20-16(6-1)18-8-14-24(22-18)12-5-13-25-15-9-19(23-25)17-7-2-4-11-21-17;2*2-1(3)4;/h1-4,6-11,14-15H,5,12-13H2;;;/q;2*-1;+2. The maximum Gasteiger partial charge on any atom is 2.00 e. The molecular formula is C19H18N8O6Pb. The van der Waals surface area contributed by atoms with Crippen LogP contribution in [-0.2, 0) is 13.1 Å². The fourth-order valence-electron chi connectivity index (χ4n) is 2.67. The molecule has 4 aromatic heterocycles. The van der Waals surface area contributed by atoms with Crippen molar-refractivity contribution in [2.24, 2.45) is 0 Å². The minimum Gasteiger partial charge on any atom is -0.356 e. The Hall–Kier alpha value is -3.96. The van der Waals surface area contributed by atoms with Crippen molar-refractivity contribution < 1.29 is 10.2 Å². The van der Waals surface area contributed by atoms with Crippen molar-refractivity contribution in [3.8, 4) is 22.8 Å². The molecule has 0 bridgehead atoms. The number of nitrogens with zero attached hydrogens (tertiary/aromatic N) is 8. The summed E-state index contributed by atoms with van der Waals surface area (Å²) in [5.74, 6) is 0. The normalized spacial score (nSPS) is 9.41. The van der Waals surface area contributed by atoms with E-state index in [9.17, 15) is 0 Å². The van der Waals surface area contributed by atoms with E-state index < -0.39 is 10.2 Å². The summed E-state index contributed by atoms with van der Waals surface area (Å²) in [5.41, 5.74) is 3.59. The van der Waals surface area contributed by atoms with Crippen molar-refractivity contribution >= 4 is 27.3 Å². The third-order valence-electron chi connectivity index (χ3n) is 3.91. The van der Waals surface area contributed by atoms with E-state index in [0.717, 1.165) is 42.3 Å². The molecule has 4 rings (SSSR count). The first-order chi connectivity index (χ1) is 15.8. The number of hydrogen-bond acceptors (Lipinski definition) is 10. The molecule has 0 aliphatic rings. The summed E-state index contributed by atoms with van der Waals surface area (Å²) in [6.07, 6.45) is 8.50. The van der Waals surface area contributed by atoms with Gasteiger partial charge >= 0.3 is 27.3 Å². The minimum atomic E-state index is -1.75. The molecular weight excluding hydrogens is 643 g/mol. The molecule has 14 nitrogen and oxygen atoms in total. The second-order valence-electron chi connectivity index (χ2n) is 6.16. The van der Waals surface area contributed by atoms with Crippen LogP contribution in [0.25, 0.3) is 22.8 Å². The molecule has 0 aromatic carbocycles. The van der Waals surface area contributed by atoms with Gasteiger partial charge in [-0.15, -0.1) is 0 Å². The van der Waals surface area contributed by atoms with E-state index in [4.69, 9.17) is 30.6 Å². The third kappa shape index (κ3) is 10.6. The van der Waals surface area contributed by atoms with Crippen LogP contribution in [0.15, 0.2) is 73.3 Å². The third-order valence-corrected chi connectivity index (χ3v) is 3.91. The van der Waals surface area contributed by atoms with E-state index >= 15 is 0 Å². The second kappa shape index (κ2) is 15.0. The molecule has 4 aromatic rings. The molecule has 0 aliphatic heterocycles. The molecule has 34 heavy (non-hydrogen) atoms. The van der Waals surface area contributed by atoms with Gasteiger partial charge in [0.05, 0.1) is 21.6 Å². The number of rotatable bonds is 6. The van der Waals surface area contributed by atoms with Crippen molar-refractivity contribution in [1.82, 2.24) is 29.5 Å². The van der Waals surface area contributed by atoms with Gasteiger partial charge in [0.25, 0.3) is 0 Å².